The van der Waals surface area contributed by atoms with Crippen LogP contribution in [0.4, 0.5) is 0 Å². The van der Waals surface area contributed by atoms with Gasteiger partial charge >= 0.3 is 0 Å². The molecule has 0 aliphatic heterocycles. The van der Waals surface area contributed by atoms with Crippen LogP contribution in [0.25, 0.3) is 0 Å². The molecule has 3 fully saturated rings. The highest BCUT2D eigenvalue weighted by Crippen LogP contribution is 2.59. The molecule has 3 heteroatoms. The van der Waals surface area contributed by atoms with Gasteiger partial charge in [-0.3, -0.25) is 0 Å². The lowest BCUT2D eigenvalue weighted by molar-refractivity contribution is 0.0175. The van der Waals surface area contributed by atoms with Gasteiger partial charge in [0.1, 0.15) is 0 Å². The van der Waals surface area contributed by atoms with Crippen molar-refractivity contribution in [1.29, 1.82) is 0 Å². The Bertz CT molecular complexity index is 716. The summed E-state index contributed by atoms with van der Waals surface area (Å²) in [6.45, 7) is 13.3. The standard InChI is InChI=1S/C29H48O3/c1-6-29(32,7-2)15-8-9-20(3)26-13-12-24-17-22(14-16-28(24,26)5)10-11-23-18-25(30)19-27(31)21(23)4/h10-11,20,24-27,30-32H,4,6-9,12-19H2,1-3,5H3/b22-10+,23-11+/t20-,24+,25-,26-,27+,28+/m1/s1. The van der Waals surface area contributed by atoms with Crippen molar-refractivity contribution in [2.24, 2.45) is 23.2 Å². The molecule has 0 saturated heterocycles. The van der Waals surface area contributed by atoms with Gasteiger partial charge in [-0.15, -0.1) is 0 Å². The maximum absolute atomic E-state index is 10.6. The van der Waals surface area contributed by atoms with Crippen LogP contribution < -0.4 is 0 Å². The predicted octanol–water partition coefficient (Wildman–Crippen LogP) is 6.48. The maximum Gasteiger partial charge on any atom is 0.0811 e. The van der Waals surface area contributed by atoms with Crippen LogP contribution in [0.5, 0.6) is 0 Å². The van der Waals surface area contributed by atoms with Gasteiger partial charge in [0.15, 0.2) is 0 Å². The Hall–Kier alpha value is -0.900. The van der Waals surface area contributed by atoms with Crippen LogP contribution in [-0.2, 0) is 0 Å². The van der Waals surface area contributed by atoms with Crippen molar-refractivity contribution < 1.29 is 15.3 Å². The van der Waals surface area contributed by atoms with Crippen molar-refractivity contribution in [2.45, 2.75) is 123 Å². The molecule has 3 rings (SSSR count). The minimum atomic E-state index is -0.610. The first-order chi connectivity index (χ1) is 15.1. The first-order valence-corrected chi connectivity index (χ1v) is 13.3. The summed E-state index contributed by atoms with van der Waals surface area (Å²) in [5, 5.41) is 30.7. The molecular formula is C29H48O3. The molecule has 0 unspecified atom stereocenters. The van der Waals surface area contributed by atoms with E-state index >= 15 is 0 Å². The van der Waals surface area contributed by atoms with Crippen LogP contribution in [0.2, 0.25) is 0 Å². The van der Waals surface area contributed by atoms with Crippen molar-refractivity contribution in [2.75, 3.05) is 0 Å². The zero-order chi connectivity index (χ0) is 23.5. The van der Waals surface area contributed by atoms with Crippen LogP contribution in [0.15, 0.2) is 35.5 Å². The normalized spacial score (nSPS) is 37.2. The molecule has 0 aromatic carbocycles. The average molecular weight is 445 g/mol. The van der Waals surface area contributed by atoms with Crippen LogP contribution in [0.1, 0.15) is 105 Å². The molecule has 0 bridgehead atoms. The van der Waals surface area contributed by atoms with E-state index in [1.54, 1.807) is 0 Å². The molecule has 0 aromatic heterocycles. The van der Waals surface area contributed by atoms with E-state index in [-0.39, 0.29) is 0 Å². The summed E-state index contributed by atoms with van der Waals surface area (Å²) >= 11 is 0. The zero-order valence-electron chi connectivity index (χ0n) is 21.1. The number of aliphatic hydroxyl groups excluding tert-OH is 2. The van der Waals surface area contributed by atoms with E-state index in [0.29, 0.717) is 18.3 Å². The molecule has 0 aromatic rings. The fourth-order valence-electron chi connectivity index (χ4n) is 7.04. The summed E-state index contributed by atoms with van der Waals surface area (Å²) in [5.41, 5.74) is 3.29. The van der Waals surface area contributed by atoms with Crippen molar-refractivity contribution in [3.8, 4) is 0 Å². The number of fused-ring (bicyclic) bond motifs is 1. The van der Waals surface area contributed by atoms with Gasteiger partial charge in [0.05, 0.1) is 17.8 Å². The minimum Gasteiger partial charge on any atom is -0.393 e. The average Bonchev–Trinajstić information content (AvgIpc) is 3.11. The van der Waals surface area contributed by atoms with E-state index in [1.807, 2.05) is 0 Å². The summed E-state index contributed by atoms with van der Waals surface area (Å²) in [6.07, 6.45) is 15.6. The van der Waals surface area contributed by atoms with E-state index in [9.17, 15) is 15.3 Å². The van der Waals surface area contributed by atoms with E-state index in [0.717, 1.165) is 61.0 Å². The van der Waals surface area contributed by atoms with Gasteiger partial charge in [0.25, 0.3) is 0 Å². The second-order valence-electron chi connectivity index (χ2n) is 11.5. The predicted molar refractivity (Wildman–Crippen MR) is 133 cm³/mol. The quantitative estimate of drug-likeness (QED) is 0.401. The SMILES string of the molecule is C=C1/C(=C/C=C2\CC[C@@]3(C)[C@@H](CC[C@@H]3[C@H](C)CCCC(O)(CC)CC)C2)C[C@@H](O)C[C@@H]1O. The van der Waals surface area contributed by atoms with E-state index in [1.165, 1.54) is 37.7 Å². The van der Waals surface area contributed by atoms with E-state index in [4.69, 9.17) is 0 Å². The lowest BCUT2D eigenvalue weighted by Gasteiger charge is -2.44. The molecule has 182 valence electrons. The summed E-state index contributed by atoms with van der Waals surface area (Å²) in [7, 11) is 0. The monoisotopic (exact) mass is 444 g/mol. The molecule has 6 atom stereocenters. The van der Waals surface area contributed by atoms with E-state index < -0.39 is 17.8 Å². The molecule has 3 aliphatic rings. The highest BCUT2D eigenvalue weighted by molar-refractivity contribution is 5.38. The molecule has 32 heavy (non-hydrogen) atoms. The number of aliphatic hydroxyl groups is 3. The fraction of sp³-hybridized carbons (Fsp3) is 0.793. The third-order valence-corrected chi connectivity index (χ3v) is 9.69. The molecule has 3 aliphatic carbocycles. The third kappa shape index (κ3) is 5.59. The van der Waals surface area contributed by atoms with Crippen molar-refractivity contribution in [3.05, 3.63) is 35.5 Å². The van der Waals surface area contributed by atoms with Gasteiger partial charge in [-0.1, -0.05) is 64.8 Å². The Morgan fingerprint density at radius 1 is 1.16 bits per heavy atom. The van der Waals surface area contributed by atoms with Crippen LogP contribution in [-0.4, -0.2) is 33.1 Å². The molecule has 3 saturated carbocycles. The molecule has 3 nitrogen and oxygen atoms in total. The molecule has 0 heterocycles. The number of hydrogen-bond acceptors (Lipinski definition) is 3. The lowest BCUT2D eigenvalue weighted by Crippen LogP contribution is -2.35. The Labute approximate surface area is 196 Å². The molecular weight excluding hydrogens is 396 g/mol. The smallest absolute Gasteiger partial charge is 0.0811 e. The minimum absolute atomic E-state index is 0.406. The first-order valence-electron chi connectivity index (χ1n) is 13.3. The van der Waals surface area contributed by atoms with Gasteiger partial charge in [0.2, 0.25) is 0 Å². The van der Waals surface area contributed by atoms with Gasteiger partial charge < -0.3 is 15.3 Å². The van der Waals surface area contributed by atoms with Crippen molar-refractivity contribution in [3.63, 3.8) is 0 Å². The van der Waals surface area contributed by atoms with Gasteiger partial charge in [-0.25, -0.2) is 0 Å². The molecule has 0 radical (unpaired) electrons. The summed E-state index contributed by atoms with van der Waals surface area (Å²) < 4.78 is 0. The third-order valence-electron chi connectivity index (χ3n) is 9.69. The Balaban J connectivity index is 1.58. The van der Waals surface area contributed by atoms with Gasteiger partial charge in [-0.05, 0) is 92.1 Å². The Kier molecular flexibility index (Phi) is 8.50. The van der Waals surface area contributed by atoms with E-state index in [2.05, 4.69) is 46.4 Å². The zero-order valence-corrected chi connectivity index (χ0v) is 21.1. The van der Waals surface area contributed by atoms with Gasteiger partial charge in [0, 0.05) is 6.42 Å². The topological polar surface area (TPSA) is 60.7 Å². The highest BCUT2D eigenvalue weighted by atomic mass is 16.3. The number of hydrogen-bond donors (Lipinski definition) is 3. The van der Waals surface area contributed by atoms with Crippen LogP contribution in [0.3, 0.4) is 0 Å². The number of allylic oxidation sites excluding steroid dienone is 3. The molecule has 0 spiro atoms. The maximum atomic E-state index is 10.6. The van der Waals surface area contributed by atoms with Gasteiger partial charge in [-0.2, -0.15) is 0 Å². The number of rotatable bonds is 8. The Morgan fingerprint density at radius 2 is 1.88 bits per heavy atom. The summed E-state index contributed by atoms with van der Waals surface area (Å²) in [6, 6.07) is 0. The second kappa shape index (κ2) is 10.6. The Morgan fingerprint density at radius 3 is 2.56 bits per heavy atom. The van der Waals surface area contributed by atoms with Crippen LogP contribution >= 0.6 is 0 Å². The second-order valence-corrected chi connectivity index (χ2v) is 11.5. The highest BCUT2D eigenvalue weighted by Gasteiger charge is 2.49. The first kappa shape index (κ1) is 25.7. The summed E-state index contributed by atoms with van der Waals surface area (Å²) in [4.78, 5) is 0. The van der Waals surface area contributed by atoms with Crippen molar-refractivity contribution >= 4 is 0 Å². The van der Waals surface area contributed by atoms with Crippen LogP contribution in [0, 0.1) is 23.2 Å². The fourth-order valence-corrected chi connectivity index (χ4v) is 7.04. The molecule has 0 amide bonds. The lowest BCUT2D eigenvalue weighted by atomic mass is 9.61. The molecule has 3 N–H and O–H groups in total. The van der Waals surface area contributed by atoms with Crippen molar-refractivity contribution in [1.82, 2.24) is 0 Å². The largest absolute Gasteiger partial charge is 0.393 e. The summed E-state index contributed by atoms with van der Waals surface area (Å²) in [5.74, 6) is 2.29.